The number of nitrogens with one attached hydrogen (secondary N) is 2. The summed E-state index contributed by atoms with van der Waals surface area (Å²) in [7, 11) is -3.67. The van der Waals surface area contributed by atoms with Crippen LogP contribution in [0.3, 0.4) is 0 Å². The van der Waals surface area contributed by atoms with Crippen molar-refractivity contribution < 1.29 is 23.1 Å². The van der Waals surface area contributed by atoms with E-state index < -0.39 is 22.2 Å². The highest BCUT2D eigenvalue weighted by Crippen LogP contribution is 2.26. The number of aryl methyl sites for hydroxylation is 1. The molecule has 1 aliphatic heterocycles. The molecule has 1 amide bonds. The molecule has 8 heteroatoms. The minimum atomic E-state index is -3.67. The molecule has 3 rings (SSSR count). The van der Waals surface area contributed by atoms with Crippen molar-refractivity contribution >= 4 is 15.9 Å². The van der Waals surface area contributed by atoms with E-state index in [1.807, 2.05) is 6.92 Å². The van der Waals surface area contributed by atoms with E-state index in [4.69, 9.17) is 4.74 Å². The first-order valence-electron chi connectivity index (χ1n) is 10.0. The van der Waals surface area contributed by atoms with Crippen molar-refractivity contribution in [1.82, 2.24) is 10.0 Å². The molecule has 1 aromatic carbocycles. The van der Waals surface area contributed by atoms with Crippen molar-refractivity contribution in [3.05, 3.63) is 29.8 Å². The molecule has 3 atom stereocenters. The number of aliphatic hydroxyl groups excluding tert-OH is 1. The molecule has 0 spiro atoms. The normalized spacial score (nSPS) is 25.9. The van der Waals surface area contributed by atoms with E-state index >= 15 is 0 Å². The zero-order chi connectivity index (χ0) is 20.1. The average Bonchev–Trinajstić information content (AvgIpc) is 2.61. The van der Waals surface area contributed by atoms with Gasteiger partial charge in [0.15, 0.2) is 0 Å². The van der Waals surface area contributed by atoms with Gasteiger partial charge in [0.05, 0.1) is 29.8 Å². The maximum Gasteiger partial charge on any atom is 0.240 e. The Labute approximate surface area is 166 Å². The summed E-state index contributed by atoms with van der Waals surface area (Å²) in [5.74, 6) is 0.280. The van der Waals surface area contributed by atoms with Gasteiger partial charge in [-0.2, -0.15) is 0 Å². The van der Waals surface area contributed by atoms with Gasteiger partial charge in [-0.3, -0.25) is 4.79 Å². The van der Waals surface area contributed by atoms with Crippen LogP contribution in [-0.4, -0.2) is 50.8 Å². The highest BCUT2D eigenvalue weighted by atomic mass is 32.2. The van der Waals surface area contributed by atoms with Gasteiger partial charge in [-0.15, -0.1) is 0 Å². The van der Waals surface area contributed by atoms with Gasteiger partial charge in [-0.1, -0.05) is 24.1 Å². The minimum absolute atomic E-state index is 0.0982. The average molecular weight is 411 g/mol. The smallest absolute Gasteiger partial charge is 0.240 e. The number of amides is 1. The summed E-state index contributed by atoms with van der Waals surface area (Å²) in [6, 6.07) is 6.18. The molecule has 2 aliphatic rings. The Morgan fingerprint density at radius 2 is 1.89 bits per heavy atom. The number of aliphatic hydroxyl groups is 1. The third-order valence-corrected chi connectivity index (χ3v) is 7.18. The van der Waals surface area contributed by atoms with Gasteiger partial charge in [0, 0.05) is 12.5 Å². The Hall–Kier alpha value is -1.48. The molecule has 0 aromatic heterocycles. The predicted molar refractivity (Wildman–Crippen MR) is 105 cm³/mol. The zero-order valence-corrected chi connectivity index (χ0v) is 17.1. The van der Waals surface area contributed by atoms with Crippen molar-refractivity contribution in [3.63, 3.8) is 0 Å². The third-order valence-electron chi connectivity index (χ3n) is 5.67. The van der Waals surface area contributed by atoms with E-state index in [2.05, 4.69) is 10.0 Å². The standard InChI is InChI=1S/C20H30N2O5S/c1-14-5-8-17(9-6-14)28(25,26)22-18-10-7-16(27-19(18)13-23)11-12-21-20(24)15-3-2-4-15/h5-6,8-9,15-16,18-19,22-23H,2-4,7,10-13H2,1H3,(H,21,24)/t16-,18-,19+/m1/s1. The van der Waals surface area contributed by atoms with Crippen molar-refractivity contribution in [2.45, 2.75) is 68.6 Å². The van der Waals surface area contributed by atoms with Crippen LogP contribution in [0.1, 0.15) is 44.1 Å². The topological polar surface area (TPSA) is 105 Å². The summed E-state index contributed by atoms with van der Waals surface area (Å²) >= 11 is 0. The summed E-state index contributed by atoms with van der Waals surface area (Å²) in [5.41, 5.74) is 0.987. The van der Waals surface area contributed by atoms with Crippen LogP contribution in [0.5, 0.6) is 0 Å². The lowest BCUT2D eigenvalue weighted by molar-refractivity contribution is -0.127. The van der Waals surface area contributed by atoms with E-state index in [1.165, 1.54) is 0 Å². The van der Waals surface area contributed by atoms with Crippen LogP contribution in [0, 0.1) is 12.8 Å². The van der Waals surface area contributed by atoms with Crippen LogP contribution in [-0.2, 0) is 19.6 Å². The van der Waals surface area contributed by atoms with Crippen molar-refractivity contribution in [3.8, 4) is 0 Å². The number of hydrogen-bond donors (Lipinski definition) is 3. The number of benzene rings is 1. The lowest BCUT2D eigenvalue weighted by Crippen LogP contribution is -2.51. The maximum absolute atomic E-state index is 12.6. The fourth-order valence-corrected chi connectivity index (χ4v) is 4.93. The van der Waals surface area contributed by atoms with Crippen LogP contribution in [0.2, 0.25) is 0 Å². The number of carbonyl (C=O) groups is 1. The summed E-state index contributed by atoms with van der Waals surface area (Å²) in [6.45, 7) is 2.18. The van der Waals surface area contributed by atoms with E-state index in [-0.39, 0.29) is 29.4 Å². The second-order valence-electron chi connectivity index (χ2n) is 7.80. The summed E-state index contributed by atoms with van der Waals surface area (Å²) in [6.07, 6.45) is 4.30. The lowest BCUT2D eigenvalue weighted by atomic mass is 9.85. The molecule has 3 N–H and O–H groups in total. The maximum atomic E-state index is 12.6. The predicted octanol–water partition coefficient (Wildman–Crippen LogP) is 1.49. The molecular weight excluding hydrogens is 380 g/mol. The fourth-order valence-electron chi connectivity index (χ4n) is 3.63. The van der Waals surface area contributed by atoms with Crippen molar-refractivity contribution in [1.29, 1.82) is 0 Å². The van der Waals surface area contributed by atoms with Gasteiger partial charge >= 0.3 is 0 Å². The van der Waals surface area contributed by atoms with E-state index in [1.54, 1.807) is 24.3 Å². The molecule has 1 saturated heterocycles. The Morgan fingerprint density at radius 1 is 1.18 bits per heavy atom. The molecular formula is C20H30N2O5S. The molecule has 156 valence electrons. The zero-order valence-electron chi connectivity index (χ0n) is 16.3. The van der Waals surface area contributed by atoms with Gasteiger partial charge in [-0.05, 0) is 51.2 Å². The van der Waals surface area contributed by atoms with Gasteiger partial charge in [0.25, 0.3) is 0 Å². The van der Waals surface area contributed by atoms with Crippen LogP contribution in [0.4, 0.5) is 0 Å². The second kappa shape index (κ2) is 9.35. The molecule has 1 heterocycles. The van der Waals surface area contributed by atoms with E-state index in [0.717, 1.165) is 24.8 Å². The summed E-state index contributed by atoms with van der Waals surface area (Å²) in [5, 5.41) is 12.6. The first-order valence-corrected chi connectivity index (χ1v) is 11.5. The quantitative estimate of drug-likeness (QED) is 0.602. The minimum Gasteiger partial charge on any atom is -0.394 e. The Kier molecular flexibility index (Phi) is 7.09. The highest BCUT2D eigenvalue weighted by Gasteiger charge is 2.34. The van der Waals surface area contributed by atoms with Gasteiger partial charge in [0.1, 0.15) is 0 Å². The van der Waals surface area contributed by atoms with Crippen molar-refractivity contribution in [2.75, 3.05) is 13.2 Å². The number of carbonyl (C=O) groups excluding carboxylic acids is 1. The van der Waals surface area contributed by atoms with Gasteiger partial charge in [0.2, 0.25) is 15.9 Å². The molecule has 1 aromatic rings. The summed E-state index contributed by atoms with van der Waals surface area (Å²) in [4.78, 5) is 12.1. The molecule has 0 bridgehead atoms. The van der Waals surface area contributed by atoms with Crippen molar-refractivity contribution in [2.24, 2.45) is 5.92 Å². The SMILES string of the molecule is Cc1ccc(S(=O)(=O)N[C@@H]2CC[C@H](CCNC(=O)C3CCC3)O[C@H]2CO)cc1. The molecule has 2 fully saturated rings. The third kappa shape index (κ3) is 5.31. The molecule has 0 radical (unpaired) electrons. The van der Waals surface area contributed by atoms with Crippen LogP contribution >= 0.6 is 0 Å². The first kappa shape index (κ1) is 21.2. The largest absolute Gasteiger partial charge is 0.394 e. The Morgan fingerprint density at radius 3 is 2.50 bits per heavy atom. The molecule has 1 saturated carbocycles. The number of sulfonamides is 1. The second-order valence-corrected chi connectivity index (χ2v) is 9.52. The van der Waals surface area contributed by atoms with Crippen LogP contribution in [0.25, 0.3) is 0 Å². The monoisotopic (exact) mass is 410 g/mol. The van der Waals surface area contributed by atoms with E-state index in [9.17, 15) is 18.3 Å². The van der Waals surface area contributed by atoms with Gasteiger partial charge in [-0.25, -0.2) is 13.1 Å². The molecule has 0 unspecified atom stereocenters. The molecule has 28 heavy (non-hydrogen) atoms. The number of ether oxygens (including phenoxy) is 1. The van der Waals surface area contributed by atoms with Crippen LogP contribution < -0.4 is 10.0 Å². The highest BCUT2D eigenvalue weighted by molar-refractivity contribution is 7.89. The Balaban J connectivity index is 1.49. The first-order chi connectivity index (χ1) is 13.4. The molecule has 1 aliphatic carbocycles. The Bertz CT molecular complexity index is 761. The molecule has 7 nitrogen and oxygen atoms in total. The van der Waals surface area contributed by atoms with Gasteiger partial charge < -0.3 is 15.2 Å². The van der Waals surface area contributed by atoms with E-state index in [0.29, 0.717) is 25.8 Å². The summed E-state index contributed by atoms with van der Waals surface area (Å²) < 4.78 is 33.8. The fraction of sp³-hybridized carbons (Fsp3) is 0.650. The lowest BCUT2D eigenvalue weighted by Gasteiger charge is -2.36. The van der Waals surface area contributed by atoms with Crippen LogP contribution in [0.15, 0.2) is 29.2 Å². The number of rotatable bonds is 8. The number of hydrogen-bond acceptors (Lipinski definition) is 5.